The van der Waals surface area contributed by atoms with Gasteiger partial charge in [0.25, 0.3) is 0 Å². The maximum atomic E-state index is 12.0. The summed E-state index contributed by atoms with van der Waals surface area (Å²) in [6.45, 7) is 9.99. The predicted molar refractivity (Wildman–Crippen MR) is 64.2 cm³/mol. The summed E-state index contributed by atoms with van der Waals surface area (Å²) in [4.78, 5) is 14.1. The molecule has 0 aromatic carbocycles. The van der Waals surface area contributed by atoms with E-state index in [2.05, 4.69) is 17.6 Å². The number of rotatable bonds is 2. The fourth-order valence-electron chi connectivity index (χ4n) is 2.45. The van der Waals surface area contributed by atoms with E-state index in [0.29, 0.717) is 18.0 Å². The molecule has 0 saturated carbocycles. The monoisotopic (exact) mass is 225 g/mol. The summed E-state index contributed by atoms with van der Waals surface area (Å²) < 4.78 is 0. The van der Waals surface area contributed by atoms with E-state index in [1.54, 1.807) is 0 Å². The number of piperazine rings is 1. The number of likely N-dealkylation sites (tertiary alicyclic amines) is 1. The normalized spacial score (nSPS) is 34.4. The minimum Gasteiger partial charge on any atom is -0.341 e. The molecular weight excluding hydrogens is 202 g/mol. The summed E-state index contributed by atoms with van der Waals surface area (Å²) >= 11 is 0. The fourth-order valence-corrected chi connectivity index (χ4v) is 2.45. The zero-order valence-corrected chi connectivity index (χ0v) is 10.5. The third-order valence-electron chi connectivity index (χ3n) is 3.74. The maximum absolute atomic E-state index is 12.0. The van der Waals surface area contributed by atoms with Gasteiger partial charge in [-0.1, -0.05) is 13.8 Å². The minimum atomic E-state index is -0.143. The molecule has 2 aliphatic heterocycles. The van der Waals surface area contributed by atoms with Crippen molar-refractivity contribution in [3.8, 4) is 0 Å². The van der Waals surface area contributed by atoms with E-state index >= 15 is 0 Å². The van der Waals surface area contributed by atoms with Crippen molar-refractivity contribution < 1.29 is 4.79 Å². The van der Waals surface area contributed by atoms with E-state index in [9.17, 15) is 4.79 Å². The molecule has 2 fully saturated rings. The summed E-state index contributed by atoms with van der Waals surface area (Å²) in [6, 6.07) is 0.955. The van der Waals surface area contributed by atoms with Crippen LogP contribution in [-0.4, -0.2) is 49.1 Å². The summed E-state index contributed by atoms with van der Waals surface area (Å²) in [5.41, 5.74) is -0.143. The number of nitrogens with one attached hydrogen (secondary N) is 2. The molecule has 0 aromatic rings. The van der Waals surface area contributed by atoms with Gasteiger partial charge in [-0.2, -0.15) is 0 Å². The number of nitrogens with zero attached hydrogens (tertiary/aromatic N) is 1. The van der Waals surface area contributed by atoms with E-state index in [4.69, 9.17) is 0 Å². The van der Waals surface area contributed by atoms with E-state index in [-0.39, 0.29) is 5.41 Å². The SMILES string of the molecule is C[C@@H]1CN[C@H](CN2CCC(C)(C)C2=O)CN1. The summed E-state index contributed by atoms with van der Waals surface area (Å²) in [6.07, 6.45) is 0.988. The molecule has 16 heavy (non-hydrogen) atoms. The summed E-state index contributed by atoms with van der Waals surface area (Å²) in [5.74, 6) is 0.313. The van der Waals surface area contributed by atoms with Gasteiger partial charge in [-0.15, -0.1) is 0 Å². The van der Waals surface area contributed by atoms with Crippen molar-refractivity contribution in [2.45, 2.75) is 39.3 Å². The first-order valence-electron chi connectivity index (χ1n) is 6.25. The van der Waals surface area contributed by atoms with E-state index in [1.807, 2.05) is 18.7 Å². The highest BCUT2D eigenvalue weighted by molar-refractivity contribution is 5.84. The second-order valence-corrected chi connectivity index (χ2v) is 5.80. The minimum absolute atomic E-state index is 0.143. The Labute approximate surface area is 97.8 Å². The average molecular weight is 225 g/mol. The Morgan fingerprint density at radius 2 is 2.12 bits per heavy atom. The molecule has 92 valence electrons. The molecule has 0 unspecified atom stereocenters. The molecule has 4 nitrogen and oxygen atoms in total. The van der Waals surface area contributed by atoms with Crippen molar-refractivity contribution in [1.29, 1.82) is 0 Å². The number of amides is 1. The van der Waals surface area contributed by atoms with Crippen LogP contribution in [0.4, 0.5) is 0 Å². The molecule has 1 amide bonds. The molecule has 2 saturated heterocycles. The van der Waals surface area contributed by atoms with Crippen molar-refractivity contribution in [3.63, 3.8) is 0 Å². The van der Waals surface area contributed by atoms with Crippen molar-refractivity contribution in [2.75, 3.05) is 26.2 Å². The first-order chi connectivity index (χ1) is 7.49. The molecule has 4 heteroatoms. The lowest BCUT2D eigenvalue weighted by Gasteiger charge is -2.32. The van der Waals surface area contributed by atoms with Crippen molar-refractivity contribution >= 4 is 5.91 Å². The van der Waals surface area contributed by atoms with Gasteiger partial charge in [-0.25, -0.2) is 0 Å². The van der Waals surface area contributed by atoms with Gasteiger partial charge in [0.2, 0.25) is 5.91 Å². The number of hydrogen-bond acceptors (Lipinski definition) is 3. The van der Waals surface area contributed by atoms with Crippen LogP contribution >= 0.6 is 0 Å². The van der Waals surface area contributed by atoms with Crippen LogP contribution in [0.25, 0.3) is 0 Å². The van der Waals surface area contributed by atoms with Gasteiger partial charge in [0.1, 0.15) is 0 Å². The average Bonchev–Trinajstić information content (AvgIpc) is 2.49. The second kappa shape index (κ2) is 4.34. The maximum Gasteiger partial charge on any atom is 0.228 e. The van der Waals surface area contributed by atoms with Crippen LogP contribution in [0.1, 0.15) is 27.2 Å². The lowest BCUT2D eigenvalue weighted by atomic mass is 9.92. The fraction of sp³-hybridized carbons (Fsp3) is 0.917. The zero-order chi connectivity index (χ0) is 11.8. The highest BCUT2D eigenvalue weighted by Gasteiger charge is 2.39. The third-order valence-corrected chi connectivity index (χ3v) is 3.74. The topological polar surface area (TPSA) is 44.4 Å². The molecule has 2 rings (SSSR count). The van der Waals surface area contributed by atoms with Crippen LogP contribution in [-0.2, 0) is 4.79 Å². The molecule has 0 bridgehead atoms. The Bertz CT molecular complexity index is 269. The Kier molecular flexibility index (Phi) is 3.22. The second-order valence-electron chi connectivity index (χ2n) is 5.80. The lowest BCUT2D eigenvalue weighted by molar-refractivity contribution is -0.134. The summed E-state index contributed by atoms with van der Waals surface area (Å²) in [5, 5.41) is 6.93. The molecule has 0 spiro atoms. The predicted octanol–water partition coefficient (Wildman–Crippen LogP) is 0.195. The molecule has 0 radical (unpaired) electrons. The Morgan fingerprint density at radius 3 is 2.62 bits per heavy atom. The van der Waals surface area contributed by atoms with Gasteiger partial charge >= 0.3 is 0 Å². The highest BCUT2D eigenvalue weighted by atomic mass is 16.2. The Balaban J connectivity index is 1.85. The zero-order valence-electron chi connectivity index (χ0n) is 10.5. The highest BCUT2D eigenvalue weighted by Crippen LogP contribution is 2.30. The number of hydrogen-bond donors (Lipinski definition) is 2. The molecule has 2 heterocycles. The molecule has 0 aromatic heterocycles. The Hall–Kier alpha value is -0.610. The smallest absolute Gasteiger partial charge is 0.228 e. The Morgan fingerprint density at radius 1 is 1.38 bits per heavy atom. The van der Waals surface area contributed by atoms with E-state index < -0.39 is 0 Å². The van der Waals surface area contributed by atoms with Crippen LogP contribution in [0, 0.1) is 5.41 Å². The van der Waals surface area contributed by atoms with E-state index in [0.717, 1.165) is 32.6 Å². The van der Waals surface area contributed by atoms with Crippen LogP contribution in [0.3, 0.4) is 0 Å². The molecule has 2 atom stereocenters. The van der Waals surface area contributed by atoms with Crippen LogP contribution < -0.4 is 10.6 Å². The summed E-state index contributed by atoms with van der Waals surface area (Å²) in [7, 11) is 0. The van der Waals surface area contributed by atoms with E-state index in [1.165, 1.54) is 0 Å². The van der Waals surface area contributed by atoms with Crippen molar-refractivity contribution in [3.05, 3.63) is 0 Å². The first-order valence-corrected chi connectivity index (χ1v) is 6.25. The van der Waals surface area contributed by atoms with Gasteiger partial charge in [-0.3, -0.25) is 4.79 Å². The van der Waals surface area contributed by atoms with Gasteiger partial charge in [-0.05, 0) is 13.3 Å². The van der Waals surface area contributed by atoms with Gasteiger partial charge in [0.15, 0.2) is 0 Å². The van der Waals surface area contributed by atoms with Crippen LogP contribution in [0.5, 0.6) is 0 Å². The van der Waals surface area contributed by atoms with Crippen LogP contribution in [0.2, 0.25) is 0 Å². The molecule has 2 aliphatic rings. The lowest BCUT2D eigenvalue weighted by Crippen LogP contribution is -2.57. The quantitative estimate of drug-likeness (QED) is 0.705. The van der Waals surface area contributed by atoms with Gasteiger partial charge in [0.05, 0.1) is 0 Å². The van der Waals surface area contributed by atoms with Crippen molar-refractivity contribution in [1.82, 2.24) is 15.5 Å². The first kappa shape index (κ1) is 11.9. The number of carbonyl (C=O) groups is 1. The van der Waals surface area contributed by atoms with Crippen molar-refractivity contribution in [2.24, 2.45) is 5.41 Å². The third kappa shape index (κ3) is 2.38. The number of carbonyl (C=O) groups excluding carboxylic acids is 1. The molecule has 0 aliphatic carbocycles. The van der Waals surface area contributed by atoms with Crippen LogP contribution in [0.15, 0.2) is 0 Å². The standard InChI is InChI=1S/C12H23N3O/c1-9-6-14-10(7-13-9)8-15-5-4-12(2,3)11(15)16/h9-10,13-14H,4-8H2,1-3H3/t9-,10+/m1/s1. The molecule has 2 N–H and O–H groups in total. The van der Waals surface area contributed by atoms with Gasteiger partial charge < -0.3 is 15.5 Å². The largest absolute Gasteiger partial charge is 0.341 e. The van der Waals surface area contributed by atoms with Gasteiger partial charge in [0, 0.05) is 43.7 Å². The molecular formula is C12H23N3O.